The molecule has 0 saturated carbocycles. The van der Waals surface area contributed by atoms with Gasteiger partial charge in [-0.05, 0) is 30.5 Å². The van der Waals surface area contributed by atoms with E-state index in [1.807, 2.05) is 12.1 Å². The summed E-state index contributed by atoms with van der Waals surface area (Å²) in [6, 6.07) is 8.11. The Morgan fingerprint density at radius 1 is 1.17 bits per heavy atom. The first-order valence-corrected chi connectivity index (χ1v) is 6.86. The van der Waals surface area contributed by atoms with E-state index in [1.165, 1.54) is 5.56 Å². The predicted molar refractivity (Wildman–Crippen MR) is 74.8 cm³/mol. The van der Waals surface area contributed by atoms with Crippen LogP contribution in [-0.4, -0.2) is 24.4 Å². The van der Waals surface area contributed by atoms with Crippen LogP contribution in [0.3, 0.4) is 0 Å². The fourth-order valence-electron chi connectivity index (χ4n) is 1.74. The van der Waals surface area contributed by atoms with E-state index in [2.05, 4.69) is 31.3 Å². The second kappa shape index (κ2) is 8.95. The minimum atomic E-state index is -0.234. The Kier molecular flexibility index (Phi) is 7.46. The maximum Gasteiger partial charge on any atom is 0.119 e. The van der Waals surface area contributed by atoms with Crippen molar-refractivity contribution in [1.29, 1.82) is 0 Å². The van der Waals surface area contributed by atoms with E-state index in [9.17, 15) is 5.11 Å². The molecule has 0 aliphatic heterocycles. The van der Waals surface area contributed by atoms with Gasteiger partial charge >= 0.3 is 0 Å². The molecular weight excluding hydrogens is 226 g/mol. The Hall–Kier alpha value is -1.06. The van der Waals surface area contributed by atoms with Gasteiger partial charge in [0.1, 0.15) is 5.75 Å². The van der Waals surface area contributed by atoms with Crippen molar-refractivity contribution in [2.45, 2.75) is 45.8 Å². The maximum absolute atomic E-state index is 9.59. The van der Waals surface area contributed by atoms with Crippen molar-refractivity contribution in [2.24, 2.45) is 0 Å². The zero-order valence-corrected chi connectivity index (χ0v) is 11.5. The number of aliphatic hydroxyl groups excluding tert-OH is 1. The molecular formula is C15H25NO2. The summed E-state index contributed by atoms with van der Waals surface area (Å²) in [5.41, 5.74) is 1.21. The van der Waals surface area contributed by atoms with Gasteiger partial charge in [0.2, 0.25) is 0 Å². The van der Waals surface area contributed by atoms with Crippen LogP contribution in [0.25, 0.3) is 0 Å². The second-order valence-electron chi connectivity index (χ2n) is 4.57. The minimum Gasteiger partial charge on any atom is -0.494 e. The molecule has 0 aliphatic rings. The summed E-state index contributed by atoms with van der Waals surface area (Å²) in [5.74, 6) is 0.923. The first-order valence-electron chi connectivity index (χ1n) is 6.86. The molecule has 0 aliphatic carbocycles. The number of ether oxygens (including phenoxy) is 1. The fourth-order valence-corrected chi connectivity index (χ4v) is 1.74. The van der Waals surface area contributed by atoms with Crippen molar-refractivity contribution in [3.05, 3.63) is 29.8 Å². The average Bonchev–Trinajstić information content (AvgIpc) is 2.38. The first-order chi connectivity index (χ1) is 8.76. The number of rotatable bonds is 9. The predicted octanol–water partition coefficient (Wildman–Crippen LogP) is 2.73. The van der Waals surface area contributed by atoms with Crippen LogP contribution in [0.1, 0.15) is 38.7 Å². The highest BCUT2D eigenvalue weighted by Gasteiger charge is 2.01. The van der Waals surface area contributed by atoms with Crippen LogP contribution in [0.15, 0.2) is 24.3 Å². The third-order valence-corrected chi connectivity index (χ3v) is 2.73. The van der Waals surface area contributed by atoms with Crippen LogP contribution in [0.2, 0.25) is 0 Å². The molecule has 0 saturated heterocycles. The van der Waals surface area contributed by atoms with Crippen molar-refractivity contribution < 1.29 is 9.84 Å². The summed E-state index contributed by atoms with van der Waals surface area (Å²) in [6.07, 6.45) is 2.67. The number of benzene rings is 1. The molecule has 0 aromatic heterocycles. The molecule has 1 rings (SSSR count). The average molecular weight is 251 g/mol. The van der Waals surface area contributed by atoms with Crippen molar-refractivity contribution in [3.8, 4) is 5.75 Å². The van der Waals surface area contributed by atoms with Gasteiger partial charge in [-0.25, -0.2) is 0 Å². The topological polar surface area (TPSA) is 41.5 Å². The molecule has 102 valence electrons. The van der Waals surface area contributed by atoms with E-state index in [0.29, 0.717) is 6.54 Å². The summed E-state index contributed by atoms with van der Waals surface area (Å²) < 4.78 is 5.52. The lowest BCUT2D eigenvalue weighted by Gasteiger charge is -2.11. The lowest BCUT2D eigenvalue weighted by molar-refractivity contribution is 0.160. The van der Waals surface area contributed by atoms with Gasteiger partial charge in [0.05, 0.1) is 12.7 Å². The van der Waals surface area contributed by atoms with Gasteiger partial charge in [-0.1, -0.05) is 32.4 Å². The van der Waals surface area contributed by atoms with Crippen molar-refractivity contribution in [3.63, 3.8) is 0 Å². The molecule has 3 heteroatoms. The standard InChI is InChI=1S/C15H25NO2/c1-3-5-14(17)12-16-11-13-6-8-15(9-7-13)18-10-4-2/h6-9,14,16-17H,3-5,10-12H2,1-2H3. The lowest BCUT2D eigenvalue weighted by Crippen LogP contribution is -2.26. The molecule has 0 amide bonds. The normalized spacial score (nSPS) is 12.4. The van der Waals surface area contributed by atoms with Crippen LogP contribution in [0, 0.1) is 0 Å². The molecule has 0 radical (unpaired) electrons. The summed E-state index contributed by atoms with van der Waals surface area (Å²) in [7, 11) is 0. The van der Waals surface area contributed by atoms with Crippen molar-refractivity contribution in [2.75, 3.05) is 13.2 Å². The Balaban J connectivity index is 2.26. The summed E-state index contributed by atoms with van der Waals surface area (Å²) in [4.78, 5) is 0. The second-order valence-corrected chi connectivity index (χ2v) is 4.57. The smallest absolute Gasteiger partial charge is 0.119 e. The molecule has 0 fully saturated rings. The van der Waals surface area contributed by atoms with Gasteiger partial charge in [-0.2, -0.15) is 0 Å². The minimum absolute atomic E-state index is 0.234. The molecule has 1 aromatic carbocycles. The Bertz CT molecular complexity index is 311. The zero-order valence-electron chi connectivity index (χ0n) is 11.5. The van der Waals surface area contributed by atoms with Crippen molar-refractivity contribution in [1.82, 2.24) is 5.32 Å². The van der Waals surface area contributed by atoms with E-state index in [4.69, 9.17) is 4.74 Å². The molecule has 2 N–H and O–H groups in total. The fraction of sp³-hybridized carbons (Fsp3) is 0.600. The maximum atomic E-state index is 9.59. The molecule has 1 atom stereocenters. The Morgan fingerprint density at radius 3 is 2.50 bits per heavy atom. The van der Waals surface area contributed by atoms with Crippen LogP contribution in [-0.2, 0) is 6.54 Å². The summed E-state index contributed by atoms with van der Waals surface area (Å²) in [6.45, 7) is 6.38. The Morgan fingerprint density at radius 2 is 1.89 bits per heavy atom. The molecule has 1 unspecified atom stereocenters. The number of hydrogen-bond acceptors (Lipinski definition) is 3. The van der Waals surface area contributed by atoms with E-state index < -0.39 is 0 Å². The lowest BCUT2D eigenvalue weighted by atomic mass is 10.2. The third kappa shape index (κ3) is 6.03. The first kappa shape index (κ1) is 15.0. The summed E-state index contributed by atoms with van der Waals surface area (Å²) >= 11 is 0. The van der Waals surface area contributed by atoms with E-state index in [0.717, 1.165) is 38.2 Å². The van der Waals surface area contributed by atoms with Crippen LogP contribution in [0.5, 0.6) is 5.75 Å². The van der Waals surface area contributed by atoms with Gasteiger partial charge in [0.15, 0.2) is 0 Å². The van der Waals surface area contributed by atoms with Gasteiger partial charge in [0.25, 0.3) is 0 Å². The van der Waals surface area contributed by atoms with Gasteiger partial charge in [0, 0.05) is 13.1 Å². The molecule has 3 nitrogen and oxygen atoms in total. The van der Waals surface area contributed by atoms with Crippen LogP contribution in [0.4, 0.5) is 0 Å². The highest BCUT2D eigenvalue weighted by molar-refractivity contribution is 5.27. The van der Waals surface area contributed by atoms with Gasteiger partial charge in [-0.3, -0.25) is 0 Å². The number of hydrogen-bond donors (Lipinski definition) is 2. The Labute approximate surface area is 110 Å². The molecule has 18 heavy (non-hydrogen) atoms. The summed E-state index contributed by atoms with van der Waals surface area (Å²) in [5, 5.41) is 12.8. The monoisotopic (exact) mass is 251 g/mol. The van der Waals surface area contributed by atoms with Gasteiger partial charge < -0.3 is 15.2 Å². The molecule has 1 aromatic rings. The van der Waals surface area contributed by atoms with Crippen molar-refractivity contribution >= 4 is 0 Å². The van der Waals surface area contributed by atoms with E-state index >= 15 is 0 Å². The largest absolute Gasteiger partial charge is 0.494 e. The van der Waals surface area contributed by atoms with Crippen LogP contribution >= 0.6 is 0 Å². The van der Waals surface area contributed by atoms with Gasteiger partial charge in [-0.15, -0.1) is 0 Å². The SMILES string of the molecule is CCCOc1ccc(CNCC(O)CCC)cc1. The van der Waals surface area contributed by atoms with Crippen LogP contribution < -0.4 is 10.1 Å². The highest BCUT2D eigenvalue weighted by Crippen LogP contribution is 2.12. The highest BCUT2D eigenvalue weighted by atomic mass is 16.5. The number of nitrogens with one attached hydrogen (secondary N) is 1. The molecule has 0 bridgehead atoms. The van der Waals surface area contributed by atoms with E-state index in [-0.39, 0.29) is 6.10 Å². The van der Waals surface area contributed by atoms with E-state index in [1.54, 1.807) is 0 Å². The number of aliphatic hydroxyl groups is 1. The third-order valence-electron chi connectivity index (χ3n) is 2.73. The molecule has 0 spiro atoms. The quantitative estimate of drug-likeness (QED) is 0.709. The zero-order chi connectivity index (χ0) is 13.2. The molecule has 0 heterocycles.